The van der Waals surface area contributed by atoms with E-state index in [9.17, 15) is 9.59 Å². The fourth-order valence-electron chi connectivity index (χ4n) is 3.67. The molecular formula is C26H32N2O4. The van der Waals surface area contributed by atoms with Crippen molar-refractivity contribution in [3.05, 3.63) is 64.9 Å². The second-order valence-corrected chi connectivity index (χ2v) is 8.95. The summed E-state index contributed by atoms with van der Waals surface area (Å²) in [5.41, 5.74) is 2.62. The van der Waals surface area contributed by atoms with Crippen LogP contribution in [-0.4, -0.2) is 44.0 Å². The van der Waals surface area contributed by atoms with Crippen LogP contribution < -0.4 is 14.8 Å². The van der Waals surface area contributed by atoms with Crippen LogP contribution in [0.5, 0.6) is 11.5 Å². The van der Waals surface area contributed by atoms with Crippen molar-refractivity contribution in [2.75, 3.05) is 27.3 Å². The lowest BCUT2D eigenvalue weighted by Gasteiger charge is -2.20. The third-order valence-corrected chi connectivity index (χ3v) is 5.60. The average molecular weight is 437 g/mol. The van der Waals surface area contributed by atoms with Crippen LogP contribution in [0.25, 0.3) is 6.08 Å². The maximum atomic E-state index is 13.2. The van der Waals surface area contributed by atoms with Gasteiger partial charge >= 0.3 is 0 Å². The van der Waals surface area contributed by atoms with Crippen molar-refractivity contribution in [3.8, 4) is 11.5 Å². The molecule has 3 rings (SSSR count). The molecule has 6 nitrogen and oxygen atoms in total. The maximum Gasteiger partial charge on any atom is 0.270 e. The van der Waals surface area contributed by atoms with Gasteiger partial charge in [-0.15, -0.1) is 0 Å². The fraction of sp³-hybridized carbons (Fsp3) is 0.385. The number of carbonyl (C=O) groups is 2. The molecule has 1 aliphatic rings. The molecule has 6 heteroatoms. The number of rotatable bonds is 6. The molecule has 0 aromatic heterocycles. The molecule has 1 aliphatic heterocycles. The Balaban J connectivity index is 1.90. The number of methoxy groups -OCH3 is 2. The lowest BCUT2D eigenvalue weighted by molar-refractivity contribution is -0.126. The van der Waals surface area contributed by atoms with Crippen molar-refractivity contribution in [2.45, 2.75) is 39.0 Å². The van der Waals surface area contributed by atoms with E-state index < -0.39 is 0 Å². The quantitative estimate of drug-likeness (QED) is 0.682. The van der Waals surface area contributed by atoms with Gasteiger partial charge in [0, 0.05) is 18.7 Å². The van der Waals surface area contributed by atoms with Gasteiger partial charge < -0.3 is 19.7 Å². The van der Waals surface area contributed by atoms with Crippen molar-refractivity contribution in [1.29, 1.82) is 0 Å². The van der Waals surface area contributed by atoms with Crippen LogP contribution in [0.3, 0.4) is 0 Å². The first kappa shape index (κ1) is 23.4. The van der Waals surface area contributed by atoms with E-state index in [1.54, 1.807) is 49.5 Å². The highest BCUT2D eigenvalue weighted by molar-refractivity contribution is 6.05. The molecule has 1 N–H and O–H groups in total. The third-order valence-electron chi connectivity index (χ3n) is 5.60. The van der Waals surface area contributed by atoms with Gasteiger partial charge in [0.25, 0.3) is 11.8 Å². The van der Waals surface area contributed by atoms with E-state index in [4.69, 9.17) is 9.47 Å². The number of nitrogens with zero attached hydrogens (tertiary/aromatic N) is 1. The molecule has 1 saturated heterocycles. The smallest absolute Gasteiger partial charge is 0.270 e. The predicted octanol–water partition coefficient (Wildman–Crippen LogP) is 4.39. The van der Waals surface area contributed by atoms with Gasteiger partial charge in [-0.05, 0) is 59.7 Å². The fourth-order valence-corrected chi connectivity index (χ4v) is 3.67. The van der Waals surface area contributed by atoms with Crippen LogP contribution in [-0.2, 0) is 10.2 Å². The normalized spacial score (nSPS) is 14.3. The third kappa shape index (κ3) is 5.49. The molecule has 0 spiro atoms. The van der Waals surface area contributed by atoms with E-state index in [1.807, 2.05) is 18.2 Å². The second kappa shape index (κ2) is 9.90. The van der Waals surface area contributed by atoms with E-state index >= 15 is 0 Å². The number of amides is 2. The molecule has 0 bridgehead atoms. The van der Waals surface area contributed by atoms with E-state index in [-0.39, 0.29) is 22.9 Å². The number of hydrogen-bond acceptors (Lipinski definition) is 4. The van der Waals surface area contributed by atoms with Crippen molar-refractivity contribution in [2.24, 2.45) is 0 Å². The van der Waals surface area contributed by atoms with Crippen molar-refractivity contribution in [3.63, 3.8) is 0 Å². The average Bonchev–Trinajstić information content (AvgIpc) is 3.32. The molecule has 0 unspecified atom stereocenters. The topological polar surface area (TPSA) is 67.9 Å². The number of ether oxygens (including phenoxy) is 2. The van der Waals surface area contributed by atoms with Gasteiger partial charge in [0.05, 0.1) is 14.2 Å². The summed E-state index contributed by atoms with van der Waals surface area (Å²) in [5.74, 6) is 0.653. The van der Waals surface area contributed by atoms with E-state index in [1.165, 1.54) is 0 Å². The first-order chi connectivity index (χ1) is 15.2. The Kier molecular flexibility index (Phi) is 7.23. The van der Waals surface area contributed by atoms with Crippen LogP contribution in [0.4, 0.5) is 0 Å². The standard InChI is InChI=1S/C26H32N2O4/c1-26(2,3)20-11-9-19(10-12-20)24(29)27-21(25(30)28-14-6-7-15-28)16-18-8-13-22(31-4)23(17-18)32-5/h8-13,16-17H,6-7,14-15H2,1-5H3,(H,27,29). The van der Waals surface area contributed by atoms with Crippen LogP contribution in [0.15, 0.2) is 48.2 Å². The molecule has 32 heavy (non-hydrogen) atoms. The zero-order valence-corrected chi connectivity index (χ0v) is 19.5. The Morgan fingerprint density at radius 3 is 2.12 bits per heavy atom. The van der Waals surface area contributed by atoms with Gasteiger partial charge in [-0.1, -0.05) is 39.0 Å². The summed E-state index contributed by atoms with van der Waals surface area (Å²) in [4.78, 5) is 27.9. The molecule has 2 amide bonds. The van der Waals surface area contributed by atoms with Gasteiger partial charge in [-0.2, -0.15) is 0 Å². The highest BCUT2D eigenvalue weighted by Crippen LogP contribution is 2.28. The zero-order valence-electron chi connectivity index (χ0n) is 19.5. The van der Waals surface area contributed by atoms with Crippen molar-refractivity contribution >= 4 is 17.9 Å². The number of benzene rings is 2. The highest BCUT2D eigenvalue weighted by Gasteiger charge is 2.24. The zero-order chi connectivity index (χ0) is 23.3. The highest BCUT2D eigenvalue weighted by atomic mass is 16.5. The molecule has 170 valence electrons. The lowest BCUT2D eigenvalue weighted by atomic mass is 9.87. The molecule has 0 saturated carbocycles. The monoisotopic (exact) mass is 436 g/mol. The van der Waals surface area contributed by atoms with E-state index in [0.717, 1.165) is 24.0 Å². The first-order valence-corrected chi connectivity index (χ1v) is 10.9. The summed E-state index contributed by atoms with van der Waals surface area (Å²) < 4.78 is 10.7. The summed E-state index contributed by atoms with van der Waals surface area (Å²) in [6, 6.07) is 12.9. The molecule has 2 aromatic carbocycles. The SMILES string of the molecule is COc1ccc(C=C(NC(=O)c2ccc(C(C)(C)C)cc2)C(=O)N2CCCC2)cc1OC. The van der Waals surface area contributed by atoms with Gasteiger partial charge in [-0.25, -0.2) is 0 Å². The summed E-state index contributed by atoms with van der Waals surface area (Å²) in [5, 5.41) is 2.84. The second-order valence-electron chi connectivity index (χ2n) is 8.95. The molecule has 0 atom stereocenters. The Labute approximate surface area is 190 Å². The molecule has 2 aromatic rings. The molecule has 1 heterocycles. The van der Waals surface area contributed by atoms with Gasteiger partial charge in [0.15, 0.2) is 11.5 Å². The molecule has 0 radical (unpaired) electrons. The maximum absolute atomic E-state index is 13.2. The molecule has 0 aliphatic carbocycles. The van der Waals surface area contributed by atoms with Crippen LogP contribution >= 0.6 is 0 Å². The lowest BCUT2D eigenvalue weighted by Crippen LogP contribution is -2.36. The predicted molar refractivity (Wildman–Crippen MR) is 126 cm³/mol. The van der Waals surface area contributed by atoms with Crippen molar-refractivity contribution in [1.82, 2.24) is 10.2 Å². The minimum absolute atomic E-state index is 0.000783. The Morgan fingerprint density at radius 2 is 1.56 bits per heavy atom. The Bertz CT molecular complexity index is 997. The minimum Gasteiger partial charge on any atom is -0.493 e. The van der Waals surface area contributed by atoms with Gasteiger partial charge in [0.1, 0.15) is 5.70 Å². The van der Waals surface area contributed by atoms with Gasteiger partial charge in [-0.3, -0.25) is 9.59 Å². The van der Waals surface area contributed by atoms with Crippen LogP contribution in [0.2, 0.25) is 0 Å². The number of hydrogen-bond donors (Lipinski definition) is 1. The van der Waals surface area contributed by atoms with E-state index in [2.05, 4.69) is 26.1 Å². The first-order valence-electron chi connectivity index (χ1n) is 10.9. The summed E-state index contributed by atoms with van der Waals surface area (Å²) >= 11 is 0. The summed E-state index contributed by atoms with van der Waals surface area (Å²) in [6.07, 6.45) is 3.62. The number of likely N-dealkylation sites (tertiary alicyclic amines) is 1. The number of nitrogens with one attached hydrogen (secondary N) is 1. The van der Waals surface area contributed by atoms with Gasteiger partial charge in [0.2, 0.25) is 0 Å². The molecular weight excluding hydrogens is 404 g/mol. The summed E-state index contributed by atoms with van der Waals surface area (Å²) in [7, 11) is 3.13. The number of carbonyl (C=O) groups excluding carboxylic acids is 2. The van der Waals surface area contributed by atoms with Crippen molar-refractivity contribution < 1.29 is 19.1 Å². The Morgan fingerprint density at radius 1 is 0.938 bits per heavy atom. The van der Waals surface area contributed by atoms with E-state index in [0.29, 0.717) is 30.2 Å². The largest absolute Gasteiger partial charge is 0.493 e. The van der Waals surface area contributed by atoms with Crippen LogP contribution in [0, 0.1) is 0 Å². The summed E-state index contributed by atoms with van der Waals surface area (Å²) in [6.45, 7) is 7.76. The minimum atomic E-state index is -0.315. The molecule has 1 fully saturated rings. The van der Waals surface area contributed by atoms with Crippen LogP contribution in [0.1, 0.15) is 55.1 Å². The Hall–Kier alpha value is -3.28.